The third kappa shape index (κ3) is 5.68. The van der Waals surface area contributed by atoms with Crippen molar-refractivity contribution in [2.75, 3.05) is 11.9 Å². The highest BCUT2D eigenvalue weighted by Crippen LogP contribution is 2.36. The Morgan fingerprint density at radius 3 is 2.50 bits per heavy atom. The van der Waals surface area contributed by atoms with E-state index in [0.29, 0.717) is 6.07 Å². The Morgan fingerprint density at radius 2 is 1.86 bits per heavy atom. The van der Waals surface area contributed by atoms with Gasteiger partial charge in [-0.05, 0) is 18.2 Å². The Bertz CT molecular complexity index is 918. The molecule has 0 bridgehead atoms. The van der Waals surface area contributed by atoms with Gasteiger partial charge < -0.3 is 10.1 Å². The maximum absolute atomic E-state index is 12.8. The van der Waals surface area contributed by atoms with Crippen molar-refractivity contribution < 1.29 is 32.4 Å². The third-order valence-corrected chi connectivity index (χ3v) is 3.77. The van der Waals surface area contributed by atoms with Crippen molar-refractivity contribution in [1.82, 2.24) is 0 Å². The number of carbonyl (C=O) groups excluding carboxylic acids is 2. The van der Waals surface area contributed by atoms with E-state index in [1.165, 1.54) is 24.3 Å². The van der Waals surface area contributed by atoms with Crippen molar-refractivity contribution in [2.24, 2.45) is 0 Å². The van der Waals surface area contributed by atoms with E-state index in [9.17, 15) is 32.9 Å². The number of amides is 1. The monoisotopic (exact) mass is 416 g/mol. The Balaban J connectivity index is 1.94. The first-order valence-corrected chi connectivity index (χ1v) is 8.00. The predicted molar refractivity (Wildman–Crippen MR) is 92.8 cm³/mol. The normalized spacial score (nSPS) is 11.0. The number of hydrogen-bond donors (Lipinski definition) is 1. The molecular formula is C17H12ClF3N2O5. The minimum atomic E-state index is -4.70. The van der Waals surface area contributed by atoms with Crippen molar-refractivity contribution >= 4 is 34.9 Å². The fourth-order valence-electron chi connectivity index (χ4n) is 2.21. The Hall–Kier alpha value is -3.14. The molecule has 0 aliphatic heterocycles. The van der Waals surface area contributed by atoms with E-state index in [1.807, 2.05) is 0 Å². The van der Waals surface area contributed by atoms with Crippen LogP contribution in [0.3, 0.4) is 0 Å². The Morgan fingerprint density at radius 1 is 1.18 bits per heavy atom. The van der Waals surface area contributed by atoms with Gasteiger partial charge in [0.2, 0.25) is 0 Å². The fraction of sp³-hybridized carbons (Fsp3) is 0.176. The molecule has 0 fully saturated rings. The molecule has 2 aromatic carbocycles. The van der Waals surface area contributed by atoms with Crippen LogP contribution >= 0.6 is 11.6 Å². The highest BCUT2D eigenvalue weighted by molar-refractivity contribution is 6.31. The Labute approximate surface area is 161 Å². The molecule has 148 valence electrons. The fourth-order valence-corrected chi connectivity index (χ4v) is 2.43. The summed E-state index contributed by atoms with van der Waals surface area (Å²) in [6.45, 7) is -0.774. The van der Waals surface area contributed by atoms with Gasteiger partial charge in [-0.15, -0.1) is 0 Å². The summed E-state index contributed by atoms with van der Waals surface area (Å²) in [5.41, 5.74) is -1.48. The van der Waals surface area contributed by atoms with Gasteiger partial charge in [0.1, 0.15) is 0 Å². The second-order valence-electron chi connectivity index (χ2n) is 5.46. The number of rotatable bonds is 6. The molecule has 0 radical (unpaired) electrons. The van der Waals surface area contributed by atoms with Crippen molar-refractivity contribution in [2.45, 2.75) is 12.6 Å². The van der Waals surface area contributed by atoms with Crippen LogP contribution < -0.4 is 5.32 Å². The first kappa shape index (κ1) is 21.2. The molecule has 0 saturated carbocycles. The van der Waals surface area contributed by atoms with Crippen LogP contribution in [0.4, 0.5) is 24.5 Å². The smallest absolute Gasteiger partial charge is 0.417 e. The molecule has 0 atom stereocenters. The topological polar surface area (TPSA) is 98.5 Å². The van der Waals surface area contributed by atoms with Gasteiger partial charge in [-0.25, -0.2) is 0 Å². The summed E-state index contributed by atoms with van der Waals surface area (Å²) in [5.74, 6) is -1.79. The number of esters is 1. The number of para-hydroxylation sites is 1. The zero-order valence-corrected chi connectivity index (χ0v) is 14.7. The van der Waals surface area contributed by atoms with Gasteiger partial charge in [0.15, 0.2) is 6.61 Å². The van der Waals surface area contributed by atoms with Gasteiger partial charge in [-0.2, -0.15) is 13.2 Å². The number of benzene rings is 2. The van der Waals surface area contributed by atoms with E-state index in [0.717, 1.165) is 12.1 Å². The average Bonchev–Trinajstić information content (AvgIpc) is 2.61. The molecule has 2 aromatic rings. The molecule has 1 N–H and O–H groups in total. The van der Waals surface area contributed by atoms with Crippen LogP contribution in [0.5, 0.6) is 0 Å². The summed E-state index contributed by atoms with van der Waals surface area (Å²) in [7, 11) is 0. The molecule has 0 aliphatic carbocycles. The van der Waals surface area contributed by atoms with Crippen LogP contribution in [0, 0.1) is 10.1 Å². The van der Waals surface area contributed by atoms with Crippen LogP contribution in [-0.4, -0.2) is 23.4 Å². The van der Waals surface area contributed by atoms with Crippen LogP contribution in [0.1, 0.15) is 11.1 Å². The number of alkyl halides is 3. The average molecular weight is 417 g/mol. The molecule has 2 rings (SSSR count). The third-order valence-electron chi connectivity index (χ3n) is 3.44. The summed E-state index contributed by atoms with van der Waals surface area (Å²) in [4.78, 5) is 33.8. The number of ether oxygens (including phenoxy) is 1. The molecule has 0 saturated heterocycles. The first-order chi connectivity index (χ1) is 13.1. The first-order valence-electron chi connectivity index (χ1n) is 7.62. The number of halogens is 4. The summed E-state index contributed by atoms with van der Waals surface area (Å²) in [6, 6.07) is 8.29. The maximum atomic E-state index is 12.8. The summed E-state index contributed by atoms with van der Waals surface area (Å²) < 4.78 is 43.1. The lowest BCUT2D eigenvalue weighted by atomic mass is 10.1. The maximum Gasteiger partial charge on any atom is 0.417 e. The molecule has 0 unspecified atom stereocenters. The standard InChI is InChI=1S/C17H12ClF3N2O5/c18-13-6-5-11(8-12(13)17(19,20)21)22-15(24)9-28-16(25)7-10-3-1-2-4-14(10)23(26)27/h1-6,8H,7,9H2,(H,22,24). The number of carbonyl (C=O) groups is 2. The second kappa shape index (κ2) is 8.70. The van der Waals surface area contributed by atoms with E-state index in [1.54, 1.807) is 0 Å². The highest BCUT2D eigenvalue weighted by atomic mass is 35.5. The Kier molecular flexibility index (Phi) is 6.57. The van der Waals surface area contributed by atoms with Gasteiger partial charge in [0, 0.05) is 17.3 Å². The van der Waals surface area contributed by atoms with Gasteiger partial charge in [-0.3, -0.25) is 19.7 Å². The summed E-state index contributed by atoms with van der Waals surface area (Å²) in [5, 5.41) is 12.5. The number of nitrogens with one attached hydrogen (secondary N) is 1. The van der Waals surface area contributed by atoms with Crippen LogP contribution in [-0.2, 0) is 26.9 Å². The lowest BCUT2D eigenvalue weighted by molar-refractivity contribution is -0.385. The van der Waals surface area contributed by atoms with Crippen molar-refractivity contribution in [3.05, 3.63) is 68.7 Å². The van der Waals surface area contributed by atoms with E-state index in [-0.39, 0.29) is 16.9 Å². The SMILES string of the molecule is O=C(COC(=O)Cc1ccccc1[N+](=O)[O-])Nc1ccc(Cl)c(C(F)(F)F)c1. The summed E-state index contributed by atoms with van der Waals surface area (Å²) in [6.07, 6.45) is -5.14. The zero-order valence-electron chi connectivity index (χ0n) is 14.0. The summed E-state index contributed by atoms with van der Waals surface area (Å²) >= 11 is 5.48. The number of nitro benzene ring substituents is 1. The lowest BCUT2D eigenvalue weighted by Gasteiger charge is -2.12. The number of hydrogen-bond acceptors (Lipinski definition) is 5. The van der Waals surface area contributed by atoms with Crippen molar-refractivity contribution in [1.29, 1.82) is 0 Å². The molecule has 7 nitrogen and oxygen atoms in total. The van der Waals surface area contributed by atoms with Gasteiger partial charge in [0.25, 0.3) is 11.6 Å². The van der Waals surface area contributed by atoms with Crippen LogP contribution in [0.25, 0.3) is 0 Å². The van der Waals surface area contributed by atoms with Gasteiger partial charge >= 0.3 is 12.1 Å². The minimum absolute atomic E-state index is 0.102. The zero-order chi connectivity index (χ0) is 20.9. The molecular weight excluding hydrogens is 405 g/mol. The molecule has 0 aliphatic rings. The van der Waals surface area contributed by atoms with E-state index >= 15 is 0 Å². The number of nitrogens with zero attached hydrogens (tertiary/aromatic N) is 1. The molecule has 0 aromatic heterocycles. The lowest BCUT2D eigenvalue weighted by Crippen LogP contribution is -2.22. The molecule has 0 heterocycles. The highest BCUT2D eigenvalue weighted by Gasteiger charge is 2.33. The van der Waals surface area contributed by atoms with Gasteiger partial charge in [-0.1, -0.05) is 29.8 Å². The van der Waals surface area contributed by atoms with Crippen LogP contribution in [0.15, 0.2) is 42.5 Å². The van der Waals surface area contributed by atoms with Gasteiger partial charge in [0.05, 0.1) is 21.9 Å². The minimum Gasteiger partial charge on any atom is -0.455 e. The molecule has 28 heavy (non-hydrogen) atoms. The predicted octanol–water partition coefficient (Wildman–Crippen LogP) is 3.99. The molecule has 11 heteroatoms. The van der Waals surface area contributed by atoms with E-state index in [4.69, 9.17) is 16.3 Å². The van der Waals surface area contributed by atoms with Crippen LogP contribution in [0.2, 0.25) is 5.02 Å². The van der Waals surface area contributed by atoms with Crippen molar-refractivity contribution in [3.8, 4) is 0 Å². The quantitative estimate of drug-likeness (QED) is 0.436. The molecule has 0 spiro atoms. The number of nitro groups is 1. The van der Waals surface area contributed by atoms with E-state index in [2.05, 4.69) is 5.32 Å². The molecule has 1 amide bonds. The van der Waals surface area contributed by atoms with Crippen molar-refractivity contribution in [3.63, 3.8) is 0 Å². The van der Waals surface area contributed by atoms with E-state index < -0.39 is 46.6 Å². The second-order valence-corrected chi connectivity index (χ2v) is 5.87. The largest absolute Gasteiger partial charge is 0.455 e. The number of anilines is 1.